The summed E-state index contributed by atoms with van der Waals surface area (Å²) in [6, 6.07) is 20.6. The largest absolute Gasteiger partial charge is 0.484 e. The Labute approximate surface area is 198 Å². The Balaban J connectivity index is 1.67. The minimum absolute atomic E-state index is 0.00130. The van der Waals surface area contributed by atoms with Crippen LogP contribution < -0.4 is 4.74 Å². The van der Waals surface area contributed by atoms with Gasteiger partial charge in [-0.1, -0.05) is 48.0 Å². The smallest absolute Gasteiger partial charge is 0.261 e. The molecular formula is C25H27ClN2O3S. The number of carbonyl (C=O) groups excluding carboxylic acids is 2. The Hall–Kier alpha value is -2.83. The Morgan fingerprint density at radius 3 is 2.28 bits per heavy atom. The van der Waals surface area contributed by atoms with Crippen molar-refractivity contribution in [1.29, 1.82) is 0 Å². The molecule has 7 heteroatoms. The molecule has 5 nitrogen and oxygen atoms in total. The van der Waals surface area contributed by atoms with Crippen molar-refractivity contribution < 1.29 is 14.3 Å². The Kier molecular flexibility index (Phi) is 8.71. The second-order valence-electron chi connectivity index (χ2n) is 7.67. The molecule has 0 spiro atoms. The first kappa shape index (κ1) is 23.8. The SMILES string of the molecule is CC(C)N(CC(=O)N(Cc1ccccc1)Cc1cccs1)C(=O)COc1ccc(Cl)cc1. The lowest BCUT2D eigenvalue weighted by Crippen LogP contribution is -2.47. The molecule has 1 aromatic heterocycles. The molecule has 0 fully saturated rings. The van der Waals surface area contributed by atoms with E-state index in [1.165, 1.54) is 0 Å². The highest BCUT2D eigenvalue weighted by molar-refractivity contribution is 7.09. The van der Waals surface area contributed by atoms with Crippen molar-refractivity contribution in [3.8, 4) is 5.75 Å². The van der Waals surface area contributed by atoms with E-state index < -0.39 is 0 Å². The van der Waals surface area contributed by atoms with E-state index in [0.29, 0.717) is 23.9 Å². The average molecular weight is 471 g/mol. The van der Waals surface area contributed by atoms with Crippen LogP contribution in [0.1, 0.15) is 24.3 Å². The molecule has 0 radical (unpaired) electrons. The van der Waals surface area contributed by atoms with E-state index in [1.807, 2.05) is 61.7 Å². The summed E-state index contributed by atoms with van der Waals surface area (Å²) in [4.78, 5) is 30.6. The lowest BCUT2D eigenvalue weighted by atomic mass is 10.2. The van der Waals surface area contributed by atoms with E-state index in [2.05, 4.69) is 0 Å². The zero-order chi connectivity index (χ0) is 22.9. The van der Waals surface area contributed by atoms with Crippen molar-refractivity contribution in [3.63, 3.8) is 0 Å². The van der Waals surface area contributed by atoms with Crippen LogP contribution in [0.25, 0.3) is 0 Å². The Bertz CT molecular complexity index is 992. The maximum atomic E-state index is 13.3. The number of ether oxygens (including phenoxy) is 1. The van der Waals surface area contributed by atoms with Crippen LogP contribution in [0.3, 0.4) is 0 Å². The van der Waals surface area contributed by atoms with E-state index in [4.69, 9.17) is 16.3 Å². The normalized spacial score (nSPS) is 10.8. The molecule has 0 aliphatic rings. The first-order valence-electron chi connectivity index (χ1n) is 10.4. The summed E-state index contributed by atoms with van der Waals surface area (Å²) in [7, 11) is 0. The molecule has 0 saturated carbocycles. The molecule has 2 aromatic carbocycles. The van der Waals surface area contributed by atoms with Crippen molar-refractivity contribution >= 4 is 34.8 Å². The van der Waals surface area contributed by atoms with Gasteiger partial charge in [0.05, 0.1) is 6.54 Å². The van der Waals surface area contributed by atoms with Gasteiger partial charge in [-0.15, -0.1) is 11.3 Å². The zero-order valence-electron chi connectivity index (χ0n) is 18.2. The summed E-state index contributed by atoms with van der Waals surface area (Å²) in [5, 5.41) is 2.60. The van der Waals surface area contributed by atoms with Gasteiger partial charge in [-0.3, -0.25) is 9.59 Å². The van der Waals surface area contributed by atoms with Gasteiger partial charge in [0.2, 0.25) is 5.91 Å². The molecular weight excluding hydrogens is 444 g/mol. The summed E-state index contributed by atoms with van der Waals surface area (Å²) in [6.07, 6.45) is 0. The molecule has 0 aliphatic carbocycles. The van der Waals surface area contributed by atoms with Gasteiger partial charge in [0.1, 0.15) is 12.3 Å². The topological polar surface area (TPSA) is 49.9 Å². The summed E-state index contributed by atoms with van der Waals surface area (Å²) in [6.45, 7) is 4.64. The number of benzene rings is 2. The lowest BCUT2D eigenvalue weighted by molar-refractivity contribution is -0.143. The standard InChI is InChI=1S/C25H27ClN2O3S/c1-19(2)28(25(30)18-31-22-12-10-21(26)11-13-22)17-24(29)27(16-23-9-6-14-32-23)15-20-7-4-3-5-8-20/h3-14,19H,15-18H2,1-2H3. The number of thiophene rings is 1. The highest BCUT2D eigenvalue weighted by Gasteiger charge is 2.24. The maximum absolute atomic E-state index is 13.3. The number of rotatable bonds is 10. The molecule has 0 N–H and O–H groups in total. The molecule has 0 unspecified atom stereocenters. The number of amides is 2. The molecule has 0 atom stereocenters. The van der Waals surface area contributed by atoms with Crippen molar-refractivity contribution in [2.24, 2.45) is 0 Å². The van der Waals surface area contributed by atoms with Gasteiger partial charge in [0, 0.05) is 22.5 Å². The predicted octanol–water partition coefficient (Wildman–Crippen LogP) is 5.25. The van der Waals surface area contributed by atoms with Gasteiger partial charge in [-0.2, -0.15) is 0 Å². The van der Waals surface area contributed by atoms with Crippen LogP contribution in [0.5, 0.6) is 5.75 Å². The number of nitrogens with zero attached hydrogens (tertiary/aromatic N) is 2. The van der Waals surface area contributed by atoms with Crippen LogP contribution in [-0.2, 0) is 22.7 Å². The van der Waals surface area contributed by atoms with Crippen molar-refractivity contribution in [2.75, 3.05) is 13.2 Å². The van der Waals surface area contributed by atoms with Crippen molar-refractivity contribution in [1.82, 2.24) is 9.80 Å². The third-order valence-corrected chi connectivity index (χ3v) is 6.03. The quantitative estimate of drug-likeness (QED) is 0.407. The third kappa shape index (κ3) is 7.11. The molecule has 0 bridgehead atoms. The highest BCUT2D eigenvalue weighted by atomic mass is 35.5. The van der Waals surface area contributed by atoms with Crippen LogP contribution >= 0.6 is 22.9 Å². The molecule has 1 heterocycles. The van der Waals surface area contributed by atoms with E-state index in [0.717, 1.165) is 10.4 Å². The maximum Gasteiger partial charge on any atom is 0.261 e. The first-order chi connectivity index (χ1) is 15.4. The number of carbonyl (C=O) groups is 2. The molecule has 32 heavy (non-hydrogen) atoms. The highest BCUT2D eigenvalue weighted by Crippen LogP contribution is 2.17. The number of hydrogen-bond donors (Lipinski definition) is 0. The van der Waals surface area contributed by atoms with E-state index in [1.54, 1.807) is 45.4 Å². The van der Waals surface area contributed by atoms with Gasteiger partial charge in [-0.25, -0.2) is 0 Å². The first-order valence-corrected chi connectivity index (χ1v) is 11.7. The van der Waals surface area contributed by atoms with E-state index in [-0.39, 0.29) is 31.0 Å². The van der Waals surface area contributed by atoms with Crippen LogP contribution in [0.15, 0.2) is 72.1 Å². The second-order valence-corrected chi connectivity index (χ2v) is 9.14. The van der Waals surface area contributed by atoms with Crippen LogP contribution in [0.2, 0.25) is 5.02 Å². The third-order valence-electron chi connectivity index (χ3n) is 4.92. The predicted molar refractivity (Wildman–Crippen MR) is 129 cm³/mol. The fraction of sp³-hybridized carbons (Fsp3) is 0.280. The fourth-order valence-corrected chi connectivity index (χ4v) is 4.04. The van der Waals surface area contributed by atoms with Crippen molar-refractivity contribution in [2.45, 2.75) is 33.0 Å². The average Bonchev–Trinajstić information content (AvgIpc) is 3.30. The zero-order valence-corrected chi connectivity index (χ0v) is 19.8. The molecule has 2 amide bonds. The summed E-state index contributed by atoms with van der Waals surface area (Å²) < 4.78 is 5.60. The second kappa shape index (κ2) is 11.7. The van der Waals surface area contributed by atoms with Crippen LogP contribution in [0, 0.1) is 0 Å². The summed E-state index contributed by atoms with van der Waals surface area (Å²) in [5.74, 6) is 0.219. The van der Waals surface area contributed by atoms with Gasteiger partial charge in [0.15, 0.2) is 6.61 Å². The molecule has 0 aliphatic heterocycles. The molecule has 0 saturated heterocycles. The summed E-state index contributed by atoms with van der Waals surface area (Å²) >= 11 is 7.50. The molecule has 3 aromatic rings. The Morgan fingerprint density at radius 1 is 0.938 bits per heavy atom. The van der Waals surface area contributed by atoms with E-state index in [9.17, 15) is 9.59 Å². The lowest BCUT2D eigenvalue weighted by Gasteiger charge is -2.30. The fourth-order valence-electron chi connectivity index (χ4n) is 3.19. The van der Waals surface area contributed by atoms with Crippen LogP contribution in [-0.4, -0.2) is 40.8 Å². The molecule has 3 rings (SSSR count). The van der Waals surface area contributed by atoms with Crippen molar-refractivity contribution in [3.05, 3.63) is 87.6 Å². The Morgan fingerprint density at radius 2 is 1.66 bits per heavy atom. The van der Waals surface area contributed by atoms with Gasteiger partial charge in [-0.05, 0) is 55.1 Å². The van der Waals surface area contributed by atoms with Gasteiger partial charge < -0.3 is 14.5 Å². The van der Waals surface area contributed by atoms with Gasteiger partial charge >= 0.3 is 0 Å². The monoisotopic (exact) mass is 470 g/mol. The minimum Gasteiger partial charge on any atom is -0.484 e. The van der Waals surface area contributed by atoms with Gasteiger partial charge in [0.25, 0.3) is 5.91 Å². The number of hydrogen-bond acceptors (Lipinski definition) is 4. The number of halogens is 1. The van der Waals surface area contributed by atoms with E-state index >= 15 is 0 Å². The molecule has 168 valence electrons. The summed E-state index contributed by atoms with van der Waals surface area (Å²) in [5.41, 5.74) is 1.05. The van der Waals surface area contributed by atoms with Crippen LogP contribution in [0.4, 0.5) is 0 Å². The minimum atomic E-state index is -0.237.